The molecule has 5 nitrogen and oxygen atoms in total. The van der Waals surface area contributed by atoms with E-state index in [1.54, 1.807) is 17.9 Å². The summed E-state index contributed by atoms with van der Waals surface area (Å²) in [5.74, 6) is 0. The molecule has 0 N–H and O–H groups in total. The standard InChI is InChI=1S/C5H4ClN5/c1-11-5-3(2-7-11)4(6)8-10-9-5/h2H,1H3. The van der Waals surface area contributed by atoms with Gasteiger partial charge in [0.1, 0.15) is 0 Å². The number of nitrogens with zero attached hydrogens (tertiary/aromatic N) is 5. The van der Waals surface area contributed by atoms with E-state index in [2.05, 4.69) is 20.5 Å². The van der Waals surface area contributed by atoms with Gasteiger partial charge in [0.2, 0.25) is 0 Å². The second kappa shape index (κ2) is 2.13. The van der Waals surface area contributed by atoms with Gasteiger partial charge in [-0.2, -0.15) is 5.10 Å². The molecule has 0 aliphatic heterocycles. The van der Waals surface area contributed by atoms with Crippen LogP contribution in [0.4, 0.5) is 0 Å². The van der Waals surface area contributed by atoms with E-state index < -0.39 is 0 Å². The Balaban J connectivity index is 2.94. The topological polar surface area (TPSA) is 56.5 Å². The van der Waals surface area contributed by atoms with Crippen molar-refractivity contribution in [2.75, 3.05) is 0 Å². The minimum Gasteiger partial charge on any atom is -0.249 e. The van der Waals surface area contributed by atoms with E-state index in [-0.39, 0.29) is 0 Å². The fourth-order valence-corrected chi connectivity index (χ4v) is 1.02. The molecule has 6 heteroatoms. The molecule has 0 aliphatic carbocycles. The zero-order chi connectivity index (χ0) is 7.84. The van der Waals surface area contributed by atoms with E-state index in [9.17, 15) is 0 Å². The van der Waals surface area contributed by atoms with Crippen LogP contribution in [0.25, 0.3) is 11.0 Å². The molecule has 2 heterocycles. The molecule has 0 unspecified atom stereocenters. The molecular formula is C5H4ClN5. The number of aromatic nitrogens is 5. The van der Waals surface area contributed by atoms with E-state index in [4.69, 9.17) is 11.6 Å². The molecular weight excluding hydrogens is 166 g/mol. The van der Waals surface area contributed by atoms with Crippen molar-refractivity contribution in [3.05, 3.63) is 11.3 Å². The minimum absolute atomic E-state index is 0.336. The smallest absolute Gasteiger partial charge is 0.185 e. The summed E-state index contributed by atoms with van der Waals surface area (Å²) in [6.45, 7) is 0. The van der Waals surface area contributed by atoms with Gasteiger partial charge in [-0.05, 0) is 5.21 Å². The van der Waals surface area contributed by atoms with Crippen molar-refractivity contribution < 1.29 is 0 Å². The molecule has 0 aliphatic rings. The Kier molecular flexibility index (Phi) is 1.25. The fourth-order valence-electron chi connectivity index (χ4n) is 0.853. The SMILES string of the molecule is Cn1ncc2c(Cl)nnnc21. The molecule has 56 valence electrons. The van der Waals surface area contributed by atoms with E-state index in [0.29, 0.717) is 10.8 Å². The molecule has 0 amide bonds. The summed E-state index contributed by atoms with van der Waals surface area (Å²) < 4.78 is 1.59. The van der Waals surface area contributed by atoms with Gasteiger partial charge in [0.05, 0.1) is 11.6 Å². The summed E-state index contributed by atoms with van der Waals surface area (Å²) >= 11 is 5.70. The van der Waals surface area contributed by atoms with Gasteiger partial charge < -0.3 is 0 Å². The number of hydrogen-bond donors (Lipinski definition) is 0. The number of fused-ring (bicyclic) bond motifs is 1. The van der Waals surface area contributed by atoms with Gasteiger partial charge in [0.25, 0.3) is 0 Å². The Bertz CT molecular complexity index is 395. The molecule has 2 rings (SSSR count). The first-order valence-electron chi connectivity index (χ1n) is 2.95. The molecule has 2 aromatic heterocycles. The van der Waals surface area contributed by atoms with Crippen molar-refractivity contribution in [1.29, 1.82) is 0 Å². The number of halogens is 1. The Morgan fingerprint density at radius 3 is 3.00 bits per heavy atom. The van der Waals surface area contributed by atoms with Crippen LogP contribution >= 0.6 is 11.6 Å². The lowest BCUT2D eigenvalue weighted by Crippen LogP contribution is -1.94. The Morgan fingerprint density at radius 2 is 2.27 bits per heavy atom. The van der Waals surface area contributed by atoms with Crippen LogP contribution in [0.15, 0.2) is 6.20 Å². The highest BCUT2D eigenvalue weighted by atomic mass is 35.5. The summed E-state index contributed by atoms with van der Waals surface area (Å²) in [5.41, 5.74) is 0.644. The van der Waals surface area contributed by atoms with Crippen molar-refractivity contribution >= 4 is 22.6 Å². The lowest BCUT2D eigenvalue weighted by Gasteiger charge is -1.89. The van der Waals surface area contributed by atoms with Gasteiger partial charge in [-0.15, -0.1) is 10.2 Å². The summed E-state index contributed by atoms with van der Waals surface area (Å²) in [6, 6.07) is 0. The third-order valence-electron chi connectivity index (χ3n) is 1.40. The van der Waals surface area contributed by atoms with Crippen molar-refractivity contribution in [2.24, 2.45) is 7.05 Å². The highest BCUT2D eigenvalue weighted by molar-refractivity contribution is 6.33. The van der Waals surface area contributed by atoms with Gasteiger partial charge in [-0.25, -0.2) is 4.68 Å². The molecule has 0 bridgehead atoms. The monoisotopic (exact) mass is 169 g/mol. The first-order valence-corrected chi connectivity index (χ1v) is 3.33. The average molecular weight is 170 g/mol. The van der Waals surface area contributed by atoms with Gasteiger partial charge in [0.15, 0.2) is 10.8 Å². The Morgan fingerprint density at radius 1 is 1.45 bits per heavy atom. The molecule has 0 saturated carbocycles. The van der Waals surface area contributed by atoms with Crippen molar-refractivity contribution in [1.82, 2.24) is 25.2 Å². The molecule has 11 heavy (non-hydrogen) atoms. The van der Waals surface area contributed by atoms with Crippen LogP contribution in [0.1, 0.15) is 0 Å². The van der Waals surface area contributed by atoms with Crippen LogP contribution in [0.5, 0.6) is 0 Å². The van der Waals surface area contributed by atoms with Crippen molar-refractivity contribution in [3.8, 4) is 0 Å². The normalized spacial score (nSPS) is 10.7. The third-order valence-corrected chi connectivity index (χ3v) is 1.68. The Labute approximate surface area is 67.0 Å². The highest BCUT2D eigenvalue weighted by Gasteiger charge is 2.05. The van der Waals surface area contributed by atoms with Crippen LogP contribution in [0.2, 0.25) is 5.15 Å². The van der Waals surface area contributed by atoms with Crippen LogP contribution in [0.3, 0.4) is 0 Å². The lowest BCUT2D eigenvalue weighted by atomic mass is 10.5. The summed E-state index contributed by atoms with van der Waals surface area (Å²) in [5, 5.41) is 15.8. The predicted octanol–water partition coefficient (Wildman–Crippen LogP) is 0.412. The maximum absolute atomic E-state index is 5.70. The maximum Gasteiger partial charge on any atom is 0.185 e. The second-order valence-corrected chi connectivity index (χ2v) is 2.44. The van der Waals surface area contributed by atoms with Crippen LogP contribution in [0, 0.1) is 0 Å². The van der Waals surface area contributed by atoms with Crippen LogP contribution < -0.4 is 0 Å². The minimum atomic E-state index is 0.336. The zero-order valence-electron chi connectivity index (χ0n) is 5.69. The van der Waals surface area contributed by atoms with E-state index in [1.165, 1.54) is 0 Å². The second-order valence-electron chi connectivity index (χ2n) is 2.09. The molecule has 2 aromatic rings. The number of hydrogen-bond acceptors (Lipinski definition) is 4. The predicted molar refractivity (Wildman–Crippen MR) is 39.1 cm³/mol. The maximum atomic E-state index is 5.70. The molecule has 0 atom stereocenters. The van der Waals surface area contributed by atoms with Crippen molar-refractivity contribution in [3.63, 3.8) is 0 Å². The first kappa shape index (κ1) is 6.48. The van der Waals surface area contributed by atoms with Gasteiger partial charge in [0, 0.05) is 7.05 Å². The van der Waals surface area contributed by atoms with Crippen molar-refractivity contribution in [2.45, 2.75) is 0 Å². The largest absolute Gasteiger partial charge is 0.249 e. The van der Waals surface area contributed by atoms with Gasteiger partial charge >= 0.3 is 0 Å². The highest BCUT2D eigenvalue weighted by Crippen LogP contribution is 2.15. The fraction of sp³-hybridized carbons (Fsp3) is 0.200. The Hall–Kier alpha value is -1.23. The zero-order valence-corrected chi connectivity index (χ0v) is 6.45. The van der Waals surface area contributed by atoms with E-state index >= 15 is 0 Å². The van der Waals surface area contributed by atoms with Crippen LogP contribution in [-0.2, 0) is 7.05 Å². The van der Waals surface area contributed by atoms with E-state index in [1.807, 2.05) is 0 Å². The summed E-state index contributed by atoms with van der Waals surface area (Å²) in [6.07, 6.45) is 1.61. The van der Waals surface area contributed by atoms with Gasteiger partial charge in [-0.3, -0.25) is 0 Å². The molecule has 0 radical (unpaired) electrons. The average Bonchev–Trinajstić information content (AvgIpc) is 2.35. The lowest BCUT2D eigenvalue weighted by molar-refractivity contribution is 0.765. The van der Waals surface area contributed by atoms with Crippen LogP contribution in [-0.4, -0.2) is 25.2 Å². The number of rotatable bonds is 0. The molecule has 0 aromatic carbocycles. The molecule has 0 fully saturated rings. The quantitative estimate of drug-likeness (QED) is 0.573. The third kappa shape index (κ3) is 0.848. The summed E-state index contributed by atoms with van der Waals surface area (Å²) in [4.78, 5) is 0. The first-order chi connectivity index (χ1) is 5.29. The molecule has 0 spiro atoms. The van der Waals surface area contributed by atoms with Gasteiger partial charge in [-0.1, -0.05) is 11.6 Å². The van der Waals surface area contributed by atoms with E-state index in [0.717, 1.165) is 5.39 Å². The summed E-state index contributed by atoms with van der Waals surface area (Å²) in [7, 11) is 1.77. The number of aryl methyl sites for hydroxylation is 1. The molecule has 0 saturated heterocycles.